The second kappa shape index (κ2) is 6.58. The van der Waals surface area contributed by atoms with Gasteiger partial charge in [0, 0.05) is 44.9 Å². The predicted octanol–water partition coefficient (Wildman–Crippen LogP) is 1.63. The van der Waals surface area contributed by atoms with Crippen molar-refractivity contribution < 1.29 is 4.74 Å². The molecule has 0 aromatic rings. The van der Waals surface area contributed by atoms with Crippen LogP contribution >= 0.6 is 0 Å². The van der Waals surface area contributed by atoms with Gasteiger partial charge in [-0.3, -0.25) is 4.90 Å². The molecule has 2 aliphatic rings. The molecule has 0 amide bonds. The lowest BCUT2D eigenvalue weighted by Gasteiger charge is -2.44. The Morgan fingerprint density at radius 1 is 1.31 bits per heavy atom. The largest absolute Gasteiger partial charge is 0.382 e. The smallest absolute Gasteiger partial charge is 0.0478 e. The van der Waals surface area contributed by atoms with Gasteiger partial charge in [0.15, 0.2) is 0 Å². The Morgan fingerprint density at radius 3 is 3.06 bits per heavy atom. The Balaban J connectivity index is 1.74. The zero-order valence-corrected chi connectivity index (χ0v) is 10.6. The fourth-order valence-electron chi connectivity index (χ4n) is 3.14. The number of hydrogen-bond acceptors (Lipinski definition) is 3. The molecule has 2 rings (SSSR count). The van der Waals surface area contributed by atoms with Gasteiger partial charge in [0.1, 0.15) is 0 Å². The molecule has 2 fully saturated rings. The number of ether oxygens (including phenoxy) is 1. The lowest BCUT2D eigenvalue weighted by molar-refractivity contribution is 0.0715. The van der Waals surface area contributed by atoms with Crippen LogP contribution in [0.25, 0.3) is 0 Å². The highest BCUT2D eigenvalue weighted by Crippen LogP contribution is 2.25. The molecule has 2 atom stereocenters. The van der Waals surface area contributed by atoms with Crippen LogP contribution in [0.15, 0.2) is 0 Å². The Labute approximate surface area is 99.5 Å². The van der Waals surface area contributed by atoms with Crippen molar-refractivity contribution >= 4 is 0 Å². The highest BCUT2D eigenvalue weighted by Gasteiger charge is 2.32. The first-order valence-electron chi connectivity index (χ1n) is 6.97. The van der Waals surface area contributed by atoms with Crippen LogP contribution in [0.1, 0.15) is 39.0 Å². The normalized spacial score (nSPS) is 31.3. The van der Waals surface area contributed by atoms with E-state index in [0.717, 1.165) is 25.3 Å². The maximum atomic E-state index is 5.42. The van der Waals surface area contributed by atoms with Crippen molar-refractivity contribution in [3.05, 3.63) is 0 Å². The average Bonchev–Trinajstić information content (AvgIpc) is 2.35. The van der Waals surface area contributed by atoms with Gasteiger partial charge in [-0.2, -0.15) is 0 Å². The molecule has 1 heterocycles. The van der Waals surface area contributed by atoms with E-state index in [4.69, 9.17) is 4.74 Å². The summed E-state index contributed by atoms with van der Waals surface area (Å²) in [7, 11) is 0. The first kappa shape index (κ1) is 12.3. The molecule has 1 aliphatic carbocycles. The molecule has 0 aromatic heterocycles. The minimum atomic E-state index is 0.773. The Hall–Kier alpha value is -0.120. The highest BCUT2D eigenvalue weighted by atomic mass is 16.5. The van der Waals surface area contributed by atoms with Gasteiger partial charge < -0.3 is 10.1 Å². The monoisotopic (exact) mass is 226 g/mol. The fraction of sp³-hybridized carbons (Fsp3) is 1.00. The van der Waals surface area contributed by atoms with E-state index in [2.05, 4.69) is 17.1 Å². The summed E-state index contributed by atoms with van der Waals surface area (Å²) in [4.78, 5) is 2.69. The molecule has 3 nitrogen and oxygen atoms in total. The average molecular weight is 226 g/mol. The van der Waals surface area contributed by atoms with E-state index in [-0.39, 0.29) is 0 Å². The Morgan fingerprint density at radius 2 is 2.19 bits per heavy atom. The summed E-state index contributed by atoms with van der Waals surface area (Å²) in [6.45, 7) is 7.49. The van der Waals surface area contributed by atoms with Gasteiger partial charge in [-0.1, -0.05) is 12.8 Å². The van der Waals surface area contributed by atoms with Crippen LogP contribution in [0.3, 0.4) is 0 Å². The summed E-state index contributed by atoms with van der Waals surface area (Å²) >= 11 is 0. The third-order valence-corrected chi connectivity index (χ3v) is 3.94. The first-order chi connectivity index (χ1) is 7.92. The molecule has 1 saturated heterocycles. The molecular weight excluding hydrogens is 200 g/mol. The zero-order valence-electron chi connectivity index (χ0n) is 10.6. The molecule has 0 radical (unpaired) electrons. The van der Waals surface area contributed by atoms with Gasteiger partial charge in [0.05, 0.1) is 0 Å². The molecule has 1 aliphatic heterocycles. The van der Waals surface area contributed by atoms with Crippen molar-refractivity contribution in [3.8, 4) is 0 Å². The van der Waals surface area contributed by atoms with Gasteiger partial charge in [0.2, 0.25) is 0 Å². The third kappa shape index (κ3) is 3.19. The van der Waals surface area contributed by atoms with Crippen molar-refractivity contribution in [2.24, 2.45) is 0 Å². The standard InChI is InChI=1S/C13H26N2O/c1-2-16-11-5-9-15-10-8-14-12-6-3-4-7-13(12)15/h12-14H,2-11H2,1H3/t12-,13-/m1/s1. The molecule has 3 heteroatoms. The minimum absolute atomic E-state index is 0.773. The van der Waals surface area contributed by atoms with Crippen LogP contribution in [0.2, 0.25) is 0 Å². The van der Waals surface area contributed by atoms with E-state index in [1.165, 1.54) is 51.7 Å². The van der Waals surface area contributed by atoms with Gasteiger partial charge >= 0.3 is 0 Å². The summed E-state index contributed by atoms with van der Waals surface area (Å²) in [6.07, 6.45) is 6.81. The van der Waals surface area contributed by atoms with Crippen LogP contribution in [0.4, 0.5) is 0 Å². The van der Waals surface area contributed by atoms with Crippen LogP contribution < -0.4 is 5.32 Å². The molecule has 0 spiro atoms. The van der Waals surface area contributed by atoms with E-state index in [1.807, 2.05) is 0 Å². The Kier molecular flexibility index (Phi) is 5.07. The Bertz CT molecular complexity index is 196. The quantitative estimate of drug-likeness (QED) is 0.721. The van der Waals surface area contributed by atoms with Gasteiger partial charge in [0.25, 0.3) is 0 Å². The fourth-order valence-corrected chi connectivity index (χ4v) is 3.14. The van der Waals surface area contributed by atoms with E-state index < -0.39 is 0 Å². The number of nitrogens with zero attached hydrogens (tertiary/aromatic N) is 1. The molecule has 1 saturated carbocycles. The SMILES string of the molecule is CCOCCCN1CCN[C@@H]2CCCC[C@H]21. The number of piperazine rings is 1. The second-order valence-corrected chi connectivity index (χ2v) is 5.00. The maximum Gasteiger partial charge on any atom is 0.0478 e. The van der Waals surface area contributed by atoms with Gasteiger partial charge in [-0.05, 0) is 26.2 Å². The number of nitrogens with one attached hydrogen (secondary N) is 1. The van der Waals surface area contributed by atoms with E-state index in [9.17, 15) is 0 Å². The van der Waals surface area contributed by atoms with Crippen LogP contribution in [0, 0.1) is 0 Å². The molecular formula is C13H26N2O. The minimum Gasteiger partial charge on any atom is -0.382 e. The van der Waals surface area contributed by atoms with Crippen molar-refractivity contribution in [1.82, 2.24) is 10.2 Å². The number of rotatable bonds is 5. The summed E-state index contributed by atoms with van der Waals surface area (Å²) in [5, 5.41) is 3.68. The lowest BCUT2D eigenvalue weighted by Crippen LogP contribution is -2.59. The van der Waals surface area contributed by atoms with Gasteiger partial charge in [-0.25, -0.2) is 0 Å². The molecule has 0 unspecified atom stereocenters. The van der Waals surface area contributed by atoms with E-state index >= 15 is 0 Å². The molecule has 0 bridgehead atoms. The topological polar surface area (TPSA) is 24.5 Å². The summed E-state index contributed by atoms with van der Waals surface area (Å²) in [6, 6.07) is 1.58. The maximum absolute atomic E-state index is 5.42. The molecule has 0 aromatic carbocycles. The first-order valence-corrected chi connectivity index (χ1v) is 6.97. The summed E-state index contributed by atoms with van der Waals surface area (Å²) < 4.78 is 5.42. The second-order valence-electron chi connectivity index (χ2n) is 5.00. The van der Waals surface area contributed by atoms with Gasteiger partial charge in [-0.15, -0.1) is 0 Å². The zero-order chi connectivity index (χ0) is 11.2. The summed E-state index contributed by atoms with van der Waals surface area (Å²) in [5.41, 5.74) is 0. The van der Waals surface area contributed by atoms with E-state index in [0.29, 0.717) is 0 Å². The van der Waals surface area contributed by atoms with Crippen molar-refractivity contribution in [1.29, 1.82) is 0 Å². The van der Waals surface area contributed by atoms with Crippen LogP contribution in [-0.4, -0.2) is 49.8 Å². The van der Waals surface area contributed by atoms with Crippen LogP contribution in [-0.2, 0) is 4.74 Å². The van der Waals surface area contributed by atoms with Crippen molar-refractivity contribution in [2.75, 3.05) is 32.8 Å². The van der Waals surface area contributed by atoms with Crippen molar-refractivity contribution in [2.45, 2.75) is 51.1 Å². The molecule has 16 heavy (non-hydrogen) atoms. The van der Waals surface area contributed by atoms with E-state index in [1.54, 1.807) is 0 Å². The lowest BCUT2D eigenvalue weighted by atomic mass is 9.87. The molecule has 1 N–H and O–H groups in total. The van der Waals surface area contributed by atoms with Crippen molar-refractivity contribution in [3.63, 3.8) is 0 Å². The number of fused-ring (bicyclic) bond motifs is 1. The summed E-state index contributed by atoms with van der Waals surface area (Å²) in [5.74, 6) is 0. The predicted molar refractivity (Wildman–Crippen MR) is 66.7 cm³/mol. The highest BCUT2D eigenvalue weighted by molar-refractivity contribution is 4.91. The third-order valence-electron chi connectivity index (χ3n) is 3.94. The number of hydrogen-bond donors (Lipinski definition) is 1. The molecule has 94 valence electrons. The van der Waals surface area contributed by atoms with Crippen LogP contribution in [0.5, 0.6) is 0 Å².